The molecule has 2 rings (SSSR count). The van der Waals surface area contributed by atoms with Crippen LogP contribution in [0.25, 0.3) is 0 Å². The number of carbonyl (C=O) groups is 1. The molecule has 4 nitrogen and oxygen atoms in total. The Hall–Kier alpha value is -1.46. The molecule has 0 aromatic heterocycles. The van der Waals surface area contributed by atoms with Crippen LogP contribution >= 0.6 is 12.2 Å². The van der Waals surface area contributed by atoms with Crippen molar-refractivity contribution in [3.63, 3.8) is 0 Å². The Labute approximate surface area is 131 Å². The molecule has 3 N–H and O–H groups in total. The molecule has 1 unspecified atom stereocenters. The average Bonchev–Trinajstić information content (AvgIpc) is 2.94. The maximum absolute atomic E-state index is 12.0. The summed E-state index contributed by atoms with van der Waals surface area (Å²) in [5, 5.41) is 2.91. The van der Waals surface area contributed by atoms with Crippen LogP contribution in [0.1, 0.15) is 31.7 Å². The van der Waals surface area contributed by atoms with Gasteiger partial charge < -0.3 is 16.0 Å². The standard InChI is InChI=1S/C16H23N3OS/c1-2-12-7-9-19(11-12)10-8-15(20)18-14-5-3-13(4-6-14)16(17)21/h3-6,12H,2,7-11H2,1H3,(H2,17,21)(H,18,20). The van der Waals surface area contributed by atoms with Crippen LogP contribution in [0, 0.1) is 5.92 Å². The van der Waals surface area contributed by atoms with E-state index in [0.717, 1.165) is 36.8 Å². The lowest BCUT2D eigenvalue weighted by molar-refractivity contribution is -0.116. The van der Waals surface area contributed by atoms with Gasteiger partial charge in [0, 0.05) is 30.8 Å². The Morgan fingerprint density at radius 2 is 2.14 bits per heavy atom. The van der Waals surface area contributed by atoms with E-state index in [1.165, 1.54) is 12.8 Å². The van der Waals surface area contributed by atoms with Gasteiger partial charge in [-0.05, 0) is 43.1 Å². The summed E-state index contributed by atoms with van der Waals surface area (Å²) in [7, 11) is 0. The summed E-state index contributed by atoms with van der Waals surface area (Å²) in [6.07, 6.45) is 3.03. The van der Waals surface area contributed by atoms with E-state index in [9.17, 15) is 4.79 Å². The van der Waals surface area contributed by atoms with Gasteiger partial charge in [0.05, 0.1) is 0 Å². The number of rotatable bonds is 6. The first-order chi connectivity index (χ1) is 10.1. The second-order valence-corrected chi connectivity index (χ2v) is 6.04. The number of carbonyl (C=O) groups excluding carboxylic acids is 1. The van der Waals surface area contributed by atoms with Crippen LogP contribution in [-0.2, 0) is 4.79 Å². The molecule has 1 aromatic rings. The number of nitrogens with one attached hydrogen (secondary N) is 1. The molecule has 1 amide bonds. The van der Waals surface area contributed by atoms with E-state index >= 15 is 0 Å². The zero-order valence-corrected chi connectivity index (χ0v) is 13.3. The number of likely N-dealkylation sites (tertiary alicyclic amines) is 1. The van der Waals surface area contributed by atoms with Crippen LogP contribution in [-0.4, -0.2) is 35.4 Å². The van der Waals surface area contributed by atoms with E-state index in [1.54, 1.807) is 0 Å². The van der Waals surface area contributed by atoms with Crippen LogP contribution in [0.15, 0.2) is 24.3 Å². The molecule has 0 bridgehead atoms. The normalized spacial score (nSPS) is 18.6. The van der Waals surface area contributed by atoms with Gasteiger partial charge in [0.25, 0.3) is 0 Å². The van der Waals surface area contributed by atoms with Crippen molar-refractivity contribution in [1.29, 1.82) is 0 Å². The number of anilines is 1. The fraction of sp³-hybridized carbons (Fsp3) is 0.500. The molecular weight excluding hydrogens is 282 g/mol. The molecule has 5 heteroatoms. The molecule has 0 radical (unpaired) electrons. The molecule has 1 saturated heterocycles. The first-order valence-electron chi connectivity index (χ1n) is 7.50. The highest BCUT2D eigenvalue weighted by molar-refractivity contribution is 7.80. The topological polar surface area (TPSA) is 58.4 Å². The molecule has 1 aliphatic rings. The number of nitrogens with two attached hydrogens (primary N) is 1. The summed E-state index contributed by atoms with van der Waals surface area (Å²) in [6.45, 7) is 5.33. The van der Waals surface area contributed by atoms with E-state index in [0.29, 0.717) is 11.4 Å². The molecule has 0 spiro atoms. The maximum Gasteiger partial charge on any atom is 0.225 e. The van der Waals surface area contributed by atoms with Crippen molar-refractivity contribution in [1.82, 2.24) is 4.90 Å². The van der Waals surface area contributed by atoms with Gasteiger partial charge in [-0.25, -0.2) is 0 Å². The Balaban J connectivity index is 1.75. The molecule has 114 valence electrons. The third-order valence-electron chi connectivity index (χ3n) is 4.06. The summed E-state index contributed by atoms with van der Waals surface area (Å²) < 4.78 is 0. The van der Waals surface area contributed by atoms with Crippen LogP contribution < -0.4 is 11.1 Å². The van der Waals surface area contributed by atoms with Crippen LogP contribution in [0.2, 0.25) is 0 Å². The van der Waals surface area contributed by atoms with Gasteiger partial charge in [0.15, 0.2) is 0 Å². The highest BCUT2D eigenvalue weighted by atomic mass is 32.1. The predicted molar refractivity (Wildman–Crippen MR) is 90.4 cm³/mol. The SMILES string of the molecule is CCC1CCN(CCC(=O)Nc2ccc(C(N)=S)cc2)C1. The van der Waals surface area contributed by atoms with Crippen molar-refractivity contribution in [2.24, 2.45) is 11.7 Å². The second-order valence-electron chi connectivity index (χ2n) is 5.60. The summed E-state index contributed by atoms with van der Waals surface area (Å²) in [4.78, 5) is 14.7. The maximum atomic E-state index is 12.0. The highest BCUT2D eigenvalue weighted by Crippen LogP contribution is 2.19. The van der Waals surface area contributed by atoms with Crippen molar-refractivity contribution in [3.8, 4) is 0 Å². The minimum absolute atomic E-state index is 0.0537. The largest absolute Gasteiger partial charge is 0.389 e. The van der Waals surface area contributed by atoms with Gasteiger partial charge >= 0.3 is 0 Å². The number of nitrogens with zero attached hydrogens (tertiary/aromatic N) is 1. The monoisotopic (exact) mass is 305 g/mol. The zero-order chi connectivity index (χ0) is 15.2. The van der Waals surface area contributed by atoms with Crippen molar-refractivity contribution >= 4 is 28.8 Å². The van der Waals surface area contributed by atoms with Crippen molar-refractivity contribution in [2.45, 2.75) is 26.2 Å². The van der Waals surface area contributed by atoms with Gasteiger partial charge in [-0.3, -0.25) is 4.79 Å². The Morgan fingerprint density at radius 3 is 2.71 bits per heavy atom. The molecule has 1 aromatic carbocycles. The number of benzene rings is 1. The average molecular weight is 305 g/mol. The summed E-state index contributed by atoms with van der Waals surface area (Å²) >= 11 is 4.90. The fourth-order valence-electron chi connectivity index (χ4n) is 2.65. The molecule has 1 atom stereocenters. The minimum atomic E-state index is 0.0537. The molecule has 0 aliphatic carbocycles. The van der Waals surface area contributed by atoms with Crippen molar-refractivity contribution in [2.75, 3.05) is 25.0 Å². The van der Waals surface area contributed by atoms with Crippen molar-refractivity contribution < 1.29 is 4.79 Å². The molecule has 21 heavy (non-hydrogen) atoms. The number of hydrogen-bond donors (Lipinski definition) is 2. The van der Waals surface area contributed by atoms with E-state index in [1.807, 2.05) is 24.3 Å². The van der Waals surface area contributed by atoms with Crippen LogP contribution in [0.4, 0.5) is 5.69 Å². The quantitative estimate of drug-likeness (QED) is 0.792. The molecule has 1 aliphatic heterocycles. The van der Waals surface area contributed by atoms with Gasteiger partial charge in [0.2, 0.25) is 5.91 Å². The predicted octanol–water partition coefficient (Wildman–Crippen LogP) is 2.38. The Kier molecular flexibility index (Phi) is 5.70. The summed E-state index contributed by atoms with van der Waals surface area (Å²) in [5.74, 6) is 0.860. The fourth-order valence-corrected chi connectivity index (χ4v) is 2.79. The van der Waals surface area contributed by atoms with Gasteiger partial charge in [-0.1, -0.05) is 25.6 Å². The van der Waals surface area contributed by atoms with E-state index in [-0.39, 0.29) is 5.91 Å². The third kappa shape index (κ3) is 4.79. The lowest BCUT2D eigenvalue weighted by Crippen LogP contribution is -2.26. The number of hydrogen-bond acceptors (Lipinski definition) is 3. The van der Waals surface area contributed by atoms with Crippen LogP contribution in [0.3, 0.4) is 0 Å². The first kappa shape index (κ1) is 15.9. The highest BCUT2D eigenvalue weighted by Gasteiger charge is 2.20. The second kappa shape index (κ2) is 7.52. The number of amides is 1. The smallest absolute Gasteiger partial charge is 0.225 e. The van der Waals surface area contributed by atoms with E-state index in [4.69, 9.17) is 18.0 Å². The zero-order valence-electron chi connectivity index (χ0n) is 12.5. The summed E-state index contributed by atoms with van der Waals surface area (Å²) in [6, 6.07) is 7.30. The van der Waals surface area contributed by atoms with Gasteiger partial charge in [0.1, 0.15) is 4.99 Å². The van der Waals surface area contributed by atoms with Gasteiger partial charge in [-0.2, -0.15) is 0 Å². The Bertz CT molecular complexity index is 501. The van der Waals surface area contributed by atoms with E-state index < -0.39 is 0 Å². The molecular formula is C16H23N3OS. The van der Waals surface area contributed by atoms with Crippen LogP contribution in [0.5, 0.6) is 0 Å². The van der Waals surface area contributed by atoms with Crippen molar-refractivity contribution in [3.05, 3.63) is 29.8 Å². The van der Waals surface area contributed by atoms with E-state index in [2.05, 4.69) is 17.1 Å². The summed E-state index contributed by atoms with van der Waals surface area (Å²) in [5.41, 5.74) is 7.14. The first-order valence-corrected chi connectivity index (χ1v) is 7.91. The molecule has 1 fully saturated rings. The molecule has 0 saturated carbocycles. The van der Waals surface area contributed by atoms with Gasteiger partial charge in [-0.15, -0.1) is 0 Å². The lowest BCUT2D eigenvalue weighted by Gasteiger charge is -2.15. The minimum Gasteiger partial charge on any atom is -0.389 e. The lowest BCUT2D eigenvalue weighted by atomic mass is 10.1. The molecule has 1 heterocycles. The number of thiocarbonyl (C=S) groups is 1. The third-order valence-corrected chi connectivity index (χ3v) is 4.29. The Morgan fingerprint density at radius 1 is 1.43 bits per heavy atom.